The van der Waals surface area contributed by atoms with Crippen molar-refractivity contribution >= 4 is 5.97 Å². The van der Waals surface area contributed by atoms with Crippen LogP contribution in [0, 0.1) is 17.3 Å². The van der Waals surface area contributed by atoms with Crippen LogP contribution in [0.4, 0.5) is 0 Å². The van der Waals surface area contributed by atoms with E-state index in [1.807, 2.05) is 0 Å². The largest absolute Gasteiger partial charge is 0.462 e. The van der Waals surface area contributed by atoms with E-state index < -0.39 is 0 Å². The third kappa shape index (κ3) is 1.93. The molecule has 20 heavy (non-hydrogen) atoms. The Balaban J connectivity index is 1.90. The topological polar surface area (TPSA) is 35.5 Å². The van der Waals surface area contributed by atoms with E-state index >= 15 is 0 Å². The molecule has 3 rings (SSSR count). The Morgan fingerprint density at radius 2 is 2.05 bits per heavy atom. The lowest BCUT2D eigenvalue weighted by atomic mass is 9.53. The van der Waals surface area contributed by atoms with E-state index in [1.165, 1.54) is 12.5 Å². The zero-order valence-corrected chi connectivity index (χ0v) is 12.9. The molecule has 3 fully saturated rings. The number of carbonyl (C=O) groups is 1. The summed E-state index contributed by atoms with van der Waals surface area (Å²) in [5.41, 5.74) is 1.33. The van der Waals surface area contributed by atoms with Gasteiger partial charge in [-0.2, -0.15) is 0 Å². The Morgan fingerprint density at radius 1 is 1.30 bits per heavy atom. The van der Waals surface area contributed by atoms with E-state index in [0.717, 1.165) is 38.7 Å². The zero-order chi connectivity index (χ0) is 14.5. The first kappa shape index (κ1) is 14.1. The van der Waals surface area contributed by atoms with Crippen LogP contribution >= 0.6 is 0 Å². The highest BCUT2D eigenvalue weighted by molar-refractivity contribution is 5.66. The van der Waals surface area contributed by atoms with Gasteiger partial charge in [0.05, 0.1) is 12.2 Å². The van der Waals surface area contributed by atoms with Crippen LogP contribution in [0.3, 0.4) is 0 Å². The van der Waals surface area contributed by atoms with Crippen molar-refractivity contribution in [3.05, 3.63) is 12.2 Å². The second-order valence-corrected chi connectivity index (χ2v) is 7.34. The van der Waals surface area contributed by atoms with Crippen molar-refractivity contribution in [1.29, 1.82) is 0 Å². The van der Waals surface area contributed by atoms with E-state index in [9.17, 15) is 4.79 Å². The van der Waals surface area contributed by atoms with Crippen LogP contribution in [0.5, 0.6) is 0 Å². The van der Waals surface area contributed by atoms with Crippen LogP contribution in [0.25, 0.3) is 0 Å². The van der Waals surface area contributed by atoms with Crippen LogP contribution < -0.4 is 0 Å². The molecule has 0 amide bonds. The predicted molar refractivity (Wildman–Crippen MR) is 77.2 cm³/mol. The van der Waals surface area contributed by atoms with Gasteiger partial charge >= 0.3 is 5.97 Å². The normalized spacial score (nSPS) is 46.6. The van der Waals surface area contributed by atoms with Gasteiger partial charge < -0.3 is 9.47 Å². The lowest BCUT2D eigenvalue weighted by Gasteiger charge is -2.52. The van der Waals surface area contributed by atoms with E-state index in [1.54, 1.807) is 0 Å². The number of carbonyl (C=O) groups excluding carboxylic acids is 1. The Hall–Kier alpha value is -0.830. The molecular weight excluding hydrogens is 252 g/mol. The monoisotopic (exact) mass is 278 g/mol. The van der Waals surface area contributed by atoms with E-state index in [2.05, 4.69) is 20.4 Å². The predicted octanol–water partition coefficient (Wildman–Crippen LogP) is 3.48. The Kier molecular flexibility index (Phi) is 3.24. The summed E-state index contributed by atoms with van der Waals surface area (Å²) in [7, 11) is 0. The molecule has 0 radical (unpaired) electrons. The molecule has 0 aromatic carbocycles. The summed E-state index contributed by atoms with van der Waals surface area (Å²) in [5, 5.41) is 0. The zero-order valence-electron chi connectivity index (χ0n) is 12.9. The van der Waals surface area contributed by atoms with Gasteiger partial charge in [-0.25, -0.2) is 0 Å². The van der Waals surface area contributed by atoms with Gasteiger partial charge in [0.25, 0.3) is 0 Å². The molecule has 0 aromatic heterocycles. The molecule has 2 saturated carbocycles. The summed E-state index contributed by atoms with van der Waals surface area (Å²) >= 11 is 0. The molecule has 2 aliphatic carbocycles. The molecule has 2 bridgehead atoms. The fraction of sp³-hybridized carbons (Fsp3) is 0.824. The van der Waals surface area contributed by atoms with Gasteiger partial charge in [0.15, 0.2) is 0 Å². The molecule has 0 aromatic rings. The van der Waals surface area contributed by atoms with Crippen molar-refractivity contribution in [2.45, 2.75) is 64.6 Å². The van der Waals surface area contributed by atoms with Crippen LogP contribution in [-0.2, 0) is 14.3 Å². The average molecular weight is 278 g/mol. The maximum atomic E-state index is 11.4. The summed E-state index contributed by atoms with van der Waals surface area (Å²) < 4.78 is 11.9. The molecule has 112 valence electrons. The second-order valence-electron chi connectivity index (χ2n) is 7.34. The first-order chi connectivity index (χ1) is 9.37. The summed E-state index contributed by atoms with van der Waals surface area (Å²) in [4.78, 5) is 11.4. The SMILES string of the molecule is C=C(C)[C@@H]1CC[C@]23CO[C@](C)(CC[C@@H]2OC(C)=O)[C@H]3C1. The molecule has 3 aliphatic rings. The number of hydrogen-bond donors (Lipinski definition) is 0. The maximum absolute atomic E-state index is 11.4. The van der Waals surface area contributed by atoms with Crippen molar-refractivity contribution < 1.29 is 14.3 Å². The van der Waals surface area contributed by atoms with Gasteiger partial charge in [0, 0.05) is 12.3 Å². The van der Waals surface area contributed by atoms with Crippen LogP contribution in [0.15, 0.2) is 12.2 Å². The van der Waals surface area contributed by atoms with Crippen molar-refractivity contribution in [2.24, 2.45) is 17.3 Å². The van der Waals surface area contributed by atoms with Crippen molar-refractivity contribution in [1.82, 2.24) is 0 Å². The number of allylic oxidation sites excluding steroid dienone is 1. The highest BCUT2D eigenvalue weighted by Crippen LogP contribution is 2.62. The van der Waals surface area contributed by atoms with Crippen LogP contribution in [0.2, 0.25) is 0 Å². The molecule has 1 aliphatic heterocycles. The molecule has 1 saturated heterocycles. The fourth-order valence-electron chi connectivity index (χ4n) is 4.94. The van der Waals surface area contributed by atoms with E-state index in [-0.39, 0.29) is 23.1 Å². The Bertz CT molecular complexity index is 444. The van der Waals surface area contributed by atoms with Gasteiger partial charge in [-0.1, -0.05) is 12.2 Å². The van der Waals surface area contributed by atoms with E-state index in [4.69, 9.17) is 9.47 Å². The fourth-order valence-corrected chi connectivity index (χ4v) is 4.94. The minimum atomic E-state index is -0.152. The second kappa shape index (κ2) is 4.59. The van der Waals surface area contributed by atoms with Gasteiger partial charge in [-0.05, 0) is 57.8 Å². The minimum Gasteiger partial charge on any atom is -0.462 e. The number of esters is 1. The van der Waals surface area contributed by atoms with Crippen LogP contribution in [-0.4, -0.2) is 24.3 Å². The van der Waals surface area contributed by atoms with Crippen molar-refractivity contribution in [2.75, 3.05) is 6.61 Å². The first-order valence-corrected chi connectivity index (χ1v) is 7.84. The maximum Gasteiger partial charge on any atom is 0.302 e. The molecule has 3 heteroatoms. The van der Waals surface area contributed by atoms with Gasteiger partial charge in [0.2, 0.25) is 0 Å². The lowest BCUT2D eigenvalue weighted by Crippen LogP contribution is -2.54. The highest BCUT2D eigenvalue weighted by Gasteiger charge is 2.64. The van der Waals surface area contributed by atoms with Gasteiger partial charge in [-0.15, -0.1) is 0 Å². The molecule has 1 heterocycles. The molecule has 0 unspecified atom stereocenters. The number of hydrogen-bond acceptors (Lipinski definition) is 3. The van der Waals surface area contributed by atoms with E-state index in [0.29, 0.717) is 11.8 Å². The molecule has 0 N–H and O–H groups in total. The number of ether oxygens (including phenoxy) is 2. The standard InChI is InChI=1S/C17H26O3/c1-11(2)13-5-8-17-10-19-16(4,14(17)9-13)7-6-15(17)20-12(3)18/h13-15H,1,5-10H2,2-4H3/t13-,14-,15+,16-,17-/m1/s1. The first-order valence-electron chi connectivity index (χ1n) is 7.84. The summed E-state index contributed by atoms with van der Waals surface area (Å²) in [5.74, 6) is 0.953. The molecule has 5 atom stereocenters. The van der Waals surface area contributed by atoms with Gasteiger partial charge in [0.1, 0.15) is 6.10 Å². The number of rotatable bonds is 2. The molecule has 3 nitrogen and oxygen atoms in total. The average Bonchev–Trinajstić information content (AvgIpc) is 2.61. The summed E-state index contributed by atoms with van der Waals surface area (Å²) in [6.07, 6.45) is 5.40. The minimum absolute atomic E-state index is 0.0230. The quantitative estimate of drug-likeness (QED) is 0.573. The van der Waals surface area contributed by atoms with Crippen molar-refractivity contribution in [3.63, 3.8) is 0 Å². The molecule has 0 spiro atoms. The highest BCUT2D eigenvalue weighted by atomic mass is 16.6. The third-order valence-electron chi connectivity index (χ3n) is 6.13. The molecular formula is C17H26O3. The van der Waals surface area contributed by atoms with Crippen molar-refractivity contribution in [3.8, 4) is 0 Å². The van der Waals surface area contributed by atoms with Crippen LogP contribution in [0.1, 0.15) is 52.9 Å². The summed E-state index contributed by atoms with van der Waals surface area (Å²) in [6, 6.07) is 0. The Morgan fingerprint density at radius 3 is 2.70 bits per heavy atom. The van der Waals surface area contributed by atoms with Gasteiger partial charge in [-0.3, -0.25) is 4.79 Å². The Labute approximate surface area is 121 Å². The third-order valence-corrected chi connectivity index (χ3v) is 6.13. The summed E-state index contributed by atoms with van der Waals surface area (Å²) in [6.45, 7) is 10.8. The lowest BCUT2D eigenvalue weighted by molar-refractivity contribution is -0.164. The smallest absolute Gasteiger partial charge is 0.302 e.